The average Bonchev–Trinajstić information content (AvgIpc) is 2.91. The average molecular weight is 453 g/mol. The van der Waals surface area contributed by atoms with Crippen molar-refractivity contribution < 1.29 is 0 Å². The molecule has 4 aromatic rings. The lowest BCUT2D eigenvalue weighted by molar-refractivity contribution is 0.678. The van der Waals surface area contributed by atoms with Gasteiger partial charge in [0.15, 0.2) is 0 Å². The largest absolute Gasteiger partial charge is 0.265 e. The van der Waals surface area contributed by atoms with E-state index in [2.05, 4.69) is 68.5 Å². The van der Waals surface area contributed by atoms with Crippen molar-refractivity contribution >= 4 is 0 Å². The standard InChI is InChI=1S/2C15H18N2/c2*1(2-4-14-6-10-16-11-7-14)3-5-15-8-12-17-13-9-15/h2*6-13H,1-5H2. The van der Waals surface area contributed by atoms with Gasteiger partial charge in [0, 0.05) is 49.6 Å². The third-order valence-corrected chi connectivity index (χ3v) is 5.86. The molecule has 0 bridgehead atoms. The summed E-state index contributed by atoms with van der Waals surface area (Å²) in [6.07, 6.45) is 27.2. The van der Waals surface area contributed by atoms with Crippen LogP contribution in [0.5, 0.6) is 0 Å². The molecular weight excluding hydrogens is 416 g/mol. The van der Waals surface area contributed by atoms with Gasteiger partial charge in [-0.3, -0.25) is 19.9 Å². The van der Waals surface area contributed by atoms with Crippen molar-refractivity contribution in [2.75, 3.05) is 0 Å². The van der Waals surface area contributed by atoms with Gasteiger partial charge in [-0.1, -0.05) is 12.8 Å². The molecule has 0 aliphatic rings. The van der Waals surface area contributed by atoms with Crippen LogP contribution in [0.4, 0.5) is 0 Å². The molecule has 4 heterocycles. The SMILES string of the molecule is c1cc(CCCCCc2ccncc2)ccn1.c1cc(CCCCCc2ccncc2)ccn1. The quantitative estimate of drug-likeness (QED) is 0.220. The van der Waals surface area contributed by atoms with Crippen LogP contribution in [0.15, 0.2) is 98.1 Å². The lowest BCUT2D eigenvalue weighted by atomic mass is 10.0. The maximum Gasteiger partial charge on any atom is 0.0270 e. The Hall–Kier alpha value is -3.40. The maximum absolute atomic E-state index is 4.02. The van der Waals surface area contributed by atoms with Gasteiger partial charge >= 0.3 is 0 Å². The van der Waals surface area contributed by atoms with E-state index >= 15 is 0 Å². The molecule has 176 valence electrons. The molecule has 0 spiro atoms. The van der Waals surface area contributed by atoms with Gasteiger partial charge in [0.1, 0.15) is 0 Å². The molecule has 0 N–H and O–H groups in total. The maximum atomic E-state index is 4.02. The van der Waals surface area contributed by atoms with Crippen molar-refractivity contribution in [2.45, 2.75) is 64.2 Å². The second-order valence-corrected chi connectivity index (χ2v) is 8.54. The smallest absolute Gasteiger partial charge is 0.0270 e. The molecule has 0 fully saturated rings. The summed E-state index contributed by atoms with van der Waals surface area (Å²) in [5, 5.41) is 0. The highest BCUT2D eigenvalue weighted by atomic mass is 14.6. The molecule has 4 aromatic heterocycles. The fraction of sp³-hybridized carbons (Fsp3) is 0.333. The van der Waals surface area contributed by atoms with Crippen LogP contribution in [0.3, 0.4) is 0 Å². The molecule has 0 radical (unpaired) electrons. The zero-order valence-electron chi connectivity index (χ0n) is 20.1. The van der Waals surface area contributed by atoms with Crippen molar-refractivity contribution in [1.29, 1.82) is 0 Å². The molecule has 4 rings (SSSR count). The van der Waals surface area contributed by atoms with Gasteiger partial charge in [-0.15, -0.1) is 0 Å². The first-order chi connectivity index (χ1) is 16.9. The van der Waals surface area contributed by atoms with Crippen LogP contribution in [0.2, 0.25) is 0 Å². The summed E-state index contributed by atoms with van der Waals surface area (Å²) in [7, 11) is 0. The summed E-state index contributed by atoms with van der Waals surface area (Å²) in [5.41, 5.74) is 5.57. The Balaban J connectivity index is 0.000000191. The predicted octanol–water partition coefficient (Wildman–Crippen LogP) is 6.86. The minimum absolute atomic E-state index is 1.17. The number of pyridine rings is 4. The van der Waals surface area contributed by atoms with Gasteiger partial charge in [0.25, 0.3) is 0 Å². The van der Waals surface area contributed by atoms with Crippen LogP contribution in [0.1, 0.15) is 60.8 Å². The highest BCUT2D eigenvalue weighted by Gasteiger charge is 1.96. The lowest BCUT2D eigenvalue weighted by Crippen LogP contribution is -1.89. The molecule has 0 saturated heterocycles. The van der Waals surface area contributed by atoms with E-state index in [1.165, 1.54) is 86.5 Å². The van der Waals surface area contributed by atoms with Crippen molar-refractivity contribution in [3.05, 3.63) is 120 Å². The summed E-state index contributed by atoms with van der Waals surface area (Å²) in [4.78, 5) is 16.1. The molecule has 0 aromatic carbocycles. The van der Waals surface area contributed by atoms with Crippen LogP contribution in [0, 0.1) is 0 Å². The molecule has 0 saturated carbocycles. The number of nitrogens with zero attached hydrogens (tertiary/aromatic N) is 4. The normalized spacial score (nSPS) is 10.4. The Morgan fingerprint density at radius 2 is 0.500 bits per heavy atom. The summed E-state index contributed by atoms with van der Waals surface area (Å²) in [6, 6.07) is 16.8. The molecule has 0 aliphatic carbocycles. The number of aryl methyl sites for hydroxylation is 4. The Morgan fingerprint density at radius 1 is 0.294 bits per heavy atom. The van der Waals surface area contributed by atoms with E-state index in [9.17, 15) is 0 Å². The minimum Gasteiger partial charge on any atom is -0.265 e. The van der Waals surface area contributed by atoms with Gasteiger partial charge in [-0.25, -0.2) is 0 Å². The molecule has 4 heteroatoms. The molecule has 0 unspecified atom stereocenters. The summed E-state index contributed by atoms with van der Waals surface area (Å²) < 4.78 is 0. The van der Waals surface area contributed by atoms with Crippen LogP contribution in [-0.2, 0) is 25.7 Å². The van der Waals surface area contributed by atoms with Gasteiger partial charge in [-0.05, 0) is 122 Å². The summed E-state index contributed by atoms with van der Waals surface area (Å²) in [5.74, 6) is 0. The number of unbranched alkanes of at least 4 members (excludes halogenated alkanes) is 4. The predicted molar refractivity (Wildman–Crippen MR) is 139 cm³/mol. The molecule has 0 atom stereocenters. The molecule has 0 aliphatic heterocycles. The first-order valence-corrected chi connectivity index (χ1v) is 12.5. The van der Waals surface area contributed by atoms with Crippen LogP contribution >= 0.6 is 0 Å². The number of rotatable bonds is 12. The highest BCUT2D eigenvalue weighted by Crippen LogP contribution is 2.10. The van der Waals surface area contributed by atoms with Crippen molar-refractivity contribution in [1.82, 2.24) is 19.9 Å². The van der Waals surface area contributed by atoms with E-state index in [4.69, 9.17) is 0 Å². The second-order valence-electron chi connectivity index (χ2n) is 8.54. The number of hydrogen-bond acceptors (Lipinski definition) is 4. The van der Waals surface area contributed by atoms with E-state index in [1.807, 2.05) is 49.6 Å². The second kappa shape index (κ2) is 16.2. The van der Waals surface area contributed by atoms with Crippen molar-refractivity contribution in [3.63, 3.8) is 0 Å². The topological polar surface area (TPSA) is 51.6 Å². The first kappa shape index (κ1) is 25.2. The molecular formula is C30H36N4. The Bertz CT molecular complexity index is 825. The monoisotopic (exact) mass is 452 g/mol. The van der Waals surface area contributed by atoms with Crippen LogP contribution in [0.25, 0.3) is 0 Å². The number of hydrogen-bond donors (Lipinski definition) is 0. The van der Waals surface area contributed by atoms with Crippen LogP contribution < -0.4 is 0 Å². The first-order valence-electron chi connectivity index (χ1n) is 12.5. The lowest BCUT2D eigenvalue weighted by Gasteiger charge is -2.02. The summed E-state index contributed by atoms with van der Waals surface area (Å²) in [6.45, 7) is 0. The zero-order chi connectivity index (χ0) is 23.5. The van der Waals surface area contributed by atoms with E-state index in [0.29, 0.717) is 0 Å². The molecule has 4 nitrogen and oxygen atoms in total. The third-order valence-electron chi connectivity index (χ3n) is 5.86. The Morgan fingerprint density at radius 3 is 0.706 bits per heavy atom. The van der Waals surface area contributed by atoms with Crippen molar-refractivity contribution in [3.8, 4) is 0 Å². The minimum atomic E-state index is 1.17. The molecule has 34 heavy (non-hydrogen) atoms. The Kier molecular flexibility index (Phi) is 12.1. The van der Waals surface area contributed by atoms with Gasteiger partial charge < -0.3 is 0 Å². The van der Waals surface area contributed by atoms with Gasteiger partial charge in [0.05, 0.1) is 0 Å². The number of aromatic nitrogens is 4. The fourth-order valence-corrected chi connectivity index (χ4v) is 3.87. The fourth-order valence-electron chi connectivity index (χ4n) is 3.87. The zero-order valence-corrected chi connectivity index (χ0v) is 20.1. The highest BCUT2D eigenvalue weighted by molar-refractivity contribution is 5.12. The van der Waals surface area contributed by atoms with E-state index in [0.717, 1.165) is 0 Å². The van der Waals surface area contributed by atoms with E-state index < -0.39 is 0 Å². The van der Waals surface area contributed by atoms with Gasteiger partial charge in [-0.2, -0.15) is 0 Å². The Labute approximate surface area is 204 Å². The third kappa shape index (κ3) is 11.0. The van der Waals surface area contributed by atoms with E-state index in [-0.39, 0.29) is 0 Å². The van der Waals surface area contributed by atoms with E-state index in [1.54, 1.807) is 0 Å². The molecule has 0 amide bonds. The van der Waals surface area contributed by atoms with Crippen LogP contribution in [-0.4, -0.2) is 19.9 Å². The summed E-state index contributed by atoms with van der Waals surface area (Å²) >= 11 is 0. The van der Waals surface area contributed by atoms with Gasteiger partial charge in [0.2, 0.25) is 0 Å². The van der Waals surface area contributed by atoms with Crippen molar-refractivity contribution in [2.24, 2.45) is 0 Å².